The van der Waals surface area contributed by atoms with Gasteiger partial charge in [0, 0.05) is 20.2 Å². The van der Waals surface area contributed by atoms with E-state index >= 15 is 0 Å². The lowest BCUT2D eigenvalue weighted by atomic mass is 9.81. The molecule has 0 aromatic heterocycles. The van der Waals surface area contributed by atoms with Crippen LogP contribution < -0.4 is 5.32 Å². The molecule has 2 atom stereocenters. The van der Waals surface area contributed by atoms with Gasteiger partial charge in [-0.2, -0.15) is 0 Å². The highest BCUT2D eigenvalue weighted by atomic mass is 16.5. The molecule has 0 radical (unpaired) electrons. The minimum Gasteiger partial charge on any atom is -0.383 e. The molecule has 1 N–H and O–H groups in total. The smallest absolute Gasteiger partial charge is 0.0587 e. The van der Waals surface area contributed by atoms with Crippen LogP contribution in [0.4, 0.5) is 0 Å². The molecule has 1 aliphatic rings. The highest BCUT2D eigenvalue weighted by Crippen LogP contribution is 2.30. The Labute approximate surface area is 113 Å². The van der Waals surface area contributed by atoms with E-state index in [1.165, 1.54) is 25.7 Å². The third kappa shape index (κ3) is 6.01. The first-order valence-electron chi connectivity index (χ1n) is 7.53. The normalized spacial score (nSPS) is 25.7. The molecule has 0 bridgehead atoms. The van der Waals surface area contributed by atoms with Crippen molar-refractivity contribution < 1.29 is 4.74 Å². The van der Waals surface area contributed by atoms with Crippen LogP contribution in [0.3, 0.4) is 0 Å². The fourth-order valence-corrected chi connectivity index (χ4v) is 2.80. The lowest BCUT2D eigenvalue weighted by molar-refractivity contribution is 0.200. The average Bonchev–Trinajstić information content (AvgIpc) is 2.33. The van der Waals surface area contributed by atoms with E-state index in [0.717, 1.165) is 31.5 Å². The Morgan fingerprint density at radius 1 is 1.39 bits per heavy atom. The van der Waals surface area contributed by atoms with Crippen molar-refractivity contribution in [3.05, 3.63) is 11.6 Å². The molecular formula is C16H31NO. The van der Waals surface area contributed by atoms with Crippen LogP contribution in [-0.2, 0) is 4.74 Å². The molecule has 0 aromatic carbocycles. The molecule has 0 aromatic rings. The second-order valence-electron chi connectivity index (χ2n) is 6.10. The van der Waals surface area contributed by atoms with E-state index in [-0.39, 0.29) is 0 Å². The third-order valence-corrected chi connectivity index (χ3v) is 3.98. The molecule has 18 heavy (non-hydrogen) atoms. The van der Waals surface area contributed by atoms with E-state index in [0.29, 0.717) is 5.92 Å². The van der Waals surface area contributed by atoms with Crippen molar-refractivity contribution in [2.45, 2.75) is 46.5 Å². The number of nitrogens with one attached hydrogen (secondary N) is 1. The van der Waals surface area contributed by atoms with Crippen molar-refractivity contribution in [2.75, 3.05) is 26.8 Å². The molecule has 1 saturated carbocycles. The maximum atomic E-state index is 5.07. The summed E-state index contributed by atoms with van der Waals surface area (Å²) in [5, 5.41) is 3.48. The van der Waals surface area contributed by atoms with Gasteiger partial charge >= 0.3 is 0 Å². The van der Waals surface area contributed by atoms with Crippen LogP contribution in [-0.4, -0.2) is 26.8 Å². The number of allylic oxidation sites excluding steroid dienone is 1. The van der Waals surface area contributed by atoms with E-state index in [1.807, 2.05) is 0 Å². The molecule has 2 nitrogen and oxygen atoms in total. The first-order valence-corrected chi connectivity index (χ1v) is 7.53. The zero-order valence-corrected chi connectivity index (χ0v) is 12.7. The molecule has 1 aliphatic carbocycles. The van der Waals surface area contributed by atoms with Gasteiger partial charge in [-0.3, -0.25) is 0 Å². The van der Waals surface area contributed by atoms with Crippen LogP contribution in [0.2, 0.25) is 0 Å². The van der Waals surface area contributed by atoms with Gasteiger partial charge in [0.05, 0.1) is 6.61 Å². The van der Waals surface area contributed by atoms with Gasteiger partial charge in [-0.25, -0.2) is 0 Å². The first-order chi connectivity index (χ1) is 8.63. The second-order valence-corrected chi connectivity index (χ2v) is 6.10. The summed E-state index contributed by atoms with van der Waals surface area (Å²) in [6.07, 6.45) is 8.16. The molecule has 1 rings (SSSR count). The summed E-state index contributed by atoms with van der Waals surface area (Å²) in [4.78, 5) is 0. The predicted octanol–water partition coefficient (Wildman–Crippen LogP) is 3.63. The van der Waals surface area contributed by atoms with Gasteiger partial charge in [0.2, 0.25) is 0 Å². The Balaban J connectivity index is 2.43. The van der Waals surface area contributed by atoms with Crippen LogP contribution >= 0.6 is 0 Å². The van der Waals surface area contributed by atoms with Crippen molar-refractivity contribution in [2.24, 2.45) is 17.8 Å². The second kappa shape index (κ2) is 8.71. The fourth-order valence-electron chi connectivity index (χ4n) is 2.80. The molecule has 0 aliphatic heterocycles. The number of hydrogen-bond acceptors (Lipinski definition) is 2. The van der Waals surface area contributed by atoms with Crippen LogP contribution in [0.25, 0.3) is 0 Å². The standard InChI is InChI=1S/C16H31NO/c1-13(2)16(12-17-8-9-18-4)11-15-7-5-6-14(3)10-15/h11,13-15,17H,5-10,12H2,1-4H3/b16-11+. The minimum absolute atomic E-state index is 0.650. The Morgan fingerprint density at radius 2 is 2.17 bits per heavy atom. The highest BCUT2D eigenvalue weighted by molar-refractivity contribution is 5.09. The maximum absolute atomic E-state index is 5.07. The minimum atomic E-state index is 0.650. The van der Waals surface area contributed by atoms with Crippen LogP contribution in [0.1, 0.15) is 46.5 Å². The summed E-state index contributed by atoms with van der Waals surface area (Å²) in [5.41, 5.74) is 1.57. The van der Waals surface area contributed by atoms with Gasteiger partial charge in [-0.05, 0) is 30.6 Å². The van der Waals surface area contributed by atoms with E-state index < -0.39 is 0 Å². The molecule has 0 heterocycles. The van der Waals surface area contributed by atoms with Gasteiger partial charge in [0.1, 0.15) is 0 Å². The van der Waals surface area contributed by atoms with Crippen LogP contribution in [0, 0.1) is 17.8 Å². The van der Waals surface area contributed by atoms with Gasteiger partial charge in [-0.15, -0.1) is 0 Å². The molecule has 2 unspecified atom stereocenters. The van der Waals surface area contributed by atoms with E-state index in [4.69, 9.17) is 4.74 Å². The average molecular weight is 253 g/mol. The van der Waals surface area contributed by atoms with E-state index in [1.54, 1.807) is 12.7 Å². The Bertz CT molecular complexity index is 247. The Hall–Kier alpha value is -0.340. The quantitative estimate of drug-likeness (QED) is 0.552. The zero-order valence-electron chi connectivity index (χ0n) is 12.7. The number of rotatable bonds is 7. The molecule has 0 saturated heterocycles. The van der Waals surface area contributed by atoms with Crippen molar-refractivity contribution in [1.29, 1.82) is 0 Å². The summed E-state index contributed by atoms with van der Waals surface area (Å²) in [6, 6.07) is 0. The maximum Gasteiger partial charge on any atom is 0.0587 e. The topological polar surface area (TPSA) is 21.3 Å². The highest BCUT2D eigenvalue weighted by Gasteiger charge is 2.18. The summed E-state index contributed by atoms with van der Waals surface area (Å²) >= 11 is 0. The summed E-state index contributed by atoms with van der Waals surface area (Å²) in [5.74, 6) is 2.38. The van der Waals surface area contributed by atoms with E-state index in [9.17, 15) is 0 Å². The number of methoxy groups -OCH3 is 1. The van der Waals surface area contributed by atoms with Gasteiger partial charge in [0.15, 0.2) is 0 Å². The number of hydrogen-bond donors (Lipinski definition) is 1. The summed E-state index contributed by atoms with van der Waals surface area (Å²) in [7, 11) is 1.75. The monoisotopic (exact) mass is 253 g/mol. The Kier molecular flexibility index (Phi) is 7.60. The summed E-state index contributed by atoms with van der Waals surface area (Å²) in [6.45, 7) is 9.76. The molecule has 1 fully saturated rings. The van der Waals surface area contributed by atoms with Gasteiger partial charge in [-0.1, -0.05) is 45.3 Å². The fraction of sp³-hybridized carbons (Fsp3) is 0.875. The van der Waals surface area contributed by atoms with Crippen LogP contribution in [0.5, 0.6) is 0 Å². The van der Waals surface area contributed by atoms with Crippen molar-refractivity contribution in [1.82, 2.24) is 5.32 Å². The van der Waals surface area contributed by atoms with Crippen molar-refractivity contribution >= 4 is 0 Å². The first kappa shape index (κ1) is 15.7. The lowest BCUT2D eigenvalue weighted by Gasteiger charge is -2.26. The zero-order chi connectivity index (χ0) is 13.4. The third-order valence-electron chi connectivity index (χ3n) is 3.98. The lowest BCUT2D eigenvalue weighted by Crippen LogP contribution is -2.24. The van der Waals surface area contributed by atoms with Crippen molar-refractivity contribution in [3.63, 3.8) is 0 Å². The van der Waals surface area contributed by atoms with Crippen LogP contribution in [0.15, 0.2) is 11.6 Å². The molecule has 2 heteroatoms. The molecule has 106 valence electrons. The molecule has 0 amide bonds. The molecular weight excluding hydrogens is 222 g/mol. The SMILES string of the molecule is COCCNC/C(=C\C1CCCC(C)C1)C(C)C. The van der Waals surface area contributed by atoms with E-state index in [2.05, 4.69) is 32.2 Å². The van der Waals surface area contributed by atoms with Crippen molar-refractivity contribution in [3.8, 4) is 0 Å². The predicted molar refractivity (Wildman–Crippen MR) is 78.8 cm³/mol. The summed E-state index contributed by atoms with van der Waals surface area (Å²) < 4.78 is 5.07. The number of ether oxygens (including phenoxy) is 1. The van der Waals surface area contributed by atoms with Gasteiger partial charge < -0.3 is 10.1 Å². The molecule has 0 spiro atoms. The Morgan fingerprint density at radius 3 is 2.78 bits per heavy atom. The van der Waals surface area contributed by atoms with Gasteiger partial charge in [0.25, 0.3) is 0 Å². The largest absolute Gasteiger partial charge is 0.383 e.